The summed E-state index contributed by atoms with van der Waals surface area (Å²) < 4.78 is 33.4. The minimum absolute atomic E-state index is 0.0198. The number of carbonyl (C=O) groups is 2. The maximum absolute atomic E-state index is 14.7. The largest absolute Gasteiger partial charge is 0.439 e. The van der Waals surface area contributed by atoms with E-state index in [0.29, 0.717) is 24.6 Å². The number of amides is 3. The number of benzene rings is 2. The fourth-order valence-corrected chi connectivity index (χ4v) is 4.60. The van der Waals surface area contributed by atoms with Gasteiger partial charge in [0.05, 0.1) is 12.1 Å². The van der Waals surface area contributed by atoms with Crippen LogP contribution in [0.25, 0.3) is 0 Å². The van der Waals surface area contributed by atoms with Gasteiger partial charge < -0.3 is 25.2 Å². The third-order valence-electron chi connectivity index (χ3n) is 6.34. The third kappa shape index (κ3) is 9.15. The Balaban J connectivity index is 1.27. The van der Waals surface area contributed by atoms with E-state index in [1.165, 1.54) is 48.8 Å². The standard InChI is InChI=1S/C28H31F2N7O3S/c1-36(2)16-19-9-11-37(12-10-19)28(39)34-24-15-26(32-17-31-24)40-21-7-8-23(22(30)14-21)33-27(41)35-25(38)13-18-3-5-20(29)6-4-18/h3-8,14-15,17,19H,9-13,16H2,1-2H3,(H,31,32,34,39)(H2,33,35,38,41). The van der Waals surface area contributed by atoms with Crippen LogP contribution in [0.4, 0.5) is 25.1 Å². The number of ether oxygens (including phenoxy) is 1. The molecule has 0 bridgehead atoms. The summed E-state index contributed by atoms with van der Waals surface area (Å²) >= 11 is 5.11. The summed E-state index contributed by atoms with van der Waals surface area (Å²) in [4.78, 5) is 36.9. The van der Waals surface area contributed by atoms with Gasteiger partial charge in [0.1, 0.15) is 29.5 Å². The van der Waals surface area contributed by atoms with Crippen molar-refractivity contribution < 1.29 is 23.1 Å². The maximum atomic E-state index is 14.7. The van der Waals surface area contributed by atoms with Crippen LogP contribution in [0, 0.1) is 17.6 Å². The zero-order valence-electron chi connectivity index (χ0n) is 22.7. The van der Waals surface area contributed by atoms with E-state index in [2.05, 4.69) is 30.8 Å². The number of likely N-dealkylation sites (tertiary alicyclic amines) is 1. The molecule has 1 aliphatic heterocycles. The fourth-order valence-electron chi connectivity index (χ4n) is 4.38. The van der Waals surface area contributed by atoms with Crippen LogP contribution in [-0.4, -0.2) is 70.5 Å². The smallest absolute Gasteiger partial charge is 0.323 e. The average molecular weight is 584 g/mol. The van der Waals surface area contributed by atoms with Gasteiger partial charge in [0.25, 0.3) is 0 Å². The number of anilines is 2. The molecule has 0 radical (unpaired) electrons. The molecule has 10 nitrogen and oxygen atoms in total. The summed E-state index contributed by atoms with van der Waals surface area (Å²) in [5.74, 6) is -0.425. The molecular weight excluding hydrogens is 552 g/mol. The molecule has 3 aromatic rings. The summed E-state index contributed by atoms with van der Waals surface area (Å²) in [6, 6.07) is 10.7. The number of carbonyl (C=O) groups excluding carboxylic acids is 2. The van der Waals surface area contributed by atoms with Gasteiger partial charge in [-0.1, -0.05) is 12.1 Å². The van der Waals surface area contributed by atoms with E-state index in [9.17, 15) is 18.4 Å². The molecule has 0 spiro atoms. The number of aromatic nitrogens is 2. The molecule has 3 amide bonds. The molecule has 1 aliphatic rings. The number of nitrogens with one attached hydrogen (secondary N) is 3. The molecule has 216 valence electrons. The summed E-state index contributed by atoms with van der Waals surface area (Å²) in [6.07, 6.45) is 3.10. The predicted molar refractivity (Wildman–Crippen MR) is 155 cm³/mol. The number of halogens is 2. The first kappa shape index (κ1) is 29.7. The molecular formula is C28H31F2N7O3S. The Morgan fingerprint density at radius 2 is 1.78 bits per heavy atom. The second-order valence-corrected chi connectivity index (χ2v) is 10.3. The van der Waals surface area contributed by atoms with Crippen molar-refractivity contribution in [2.75, 3.05) is 44.4 Å². The molecule has 1 fully saturated rings. The highest BCUT2D eigenvalue weighted by atomic mass is 32.1. The highest BCUT2D eigenvalue weighted by Gasteiger charge is 2.23. The van der Waals surface area contributed by atoms with Crippen LogP contribution in [0.15, 0.2) is 54.9 Å². The lowest BCUT2D eigenvalue weighted by atomic mass is 9.97. The first-order chi connectivity index (χ1) is 19.6. The van der Waals surface area contributed by atoms with Crippen LogP contribution in [0.1, 0.15) is 18.4 Å². The lowest BCUT2D eigenvalue weighted by Crippen LogP contribution is -2.42. The Bertz CT molecular complexity index is 1380. The average Bonchev–Trinajstić information content (AvgIpc) is 2.92. The number of hydrogen-bond acceptors (Lipinski definition) is 7. The van der Waals surface area contributed by atoms with E-state index in [-0.39, 0.29) is 40.7 Å². The van der Waals surface area contributed by atoms with Gasteiger partial charge in [0.2, 0.25) is 11.8 Å². The Labute approximate surface area is 242 Å². The van der Waals surface area contributed by atoms with Crippen molar-refractivity contribution in [3.8, 4) is 11.6 Å². The molecule has 4 rings (SSSR count). The third-order valence-corrected chi connectivity index (χ3v) is 6.55. The molecule has 0 aliphatic carbocycles. The second kappa shape index (κ2) is 13.9. The summed E-state index contributed by atoms with van der Waals surface area (Å²) in [5, 5.41) is 7.76. The van der Waals surface area contributed by atoms with Crippen molar-refractivity contribution >= 4 is 40.8 Å². The number of thiocarbonyl (C=S) groups is 1. The first-order valence-electron chi connectivity index (χ1n) is 13.0. The zero-order valence-corrected chi connectivity index (χ0v) is 23.5. The monoisotopic (exact) mass is 583 g/mol. The van der Waals surface area contributed by atoms with E-state index >= 15 is 0 Å². The molecule has 0 saturated carbocycles. The molecule has 1 aromatic heterocycles. The van der Waals surface area contributed by atoms with Gasteiger partial charge in [-0.05, 0) is 74.9 Å². The van der Waals surface area contributed by atoms with Gasteiger partial charge in [-0.15, -0.1) is 0 Å². The van der Waals surface area contributed by atoms with Crippen LogP contribution in [0.2, 0.25) is 0 Å². The highest BCUT2D eigenvalue weighted by Crippen LogP contribution is 2.26. The number of piperidine rings is 1. The van der Waals surface area contributed by atoms with Crippen LogP contribution in [0.3, 0.4) is 0 Å². The number of urea groups is 1. The van der Waals surface area contributed by atoms with E-state index in [1.54, 1.807) is 4.90 Å². The van der Waals surface area contributed by atoms with Crippen molar-refractivity contribution in [2.45, 2.75) is 19.3 Å². The van der Waals surface area contributed by atoms with E-state index in [4.69, 9.17) is 17.0 Å². The lowest BCUT2D eigenvalue weighted by Gasteiger charge is -2.33. The van der Waals surface area contributed by atoms with E-state index < -0.39 is 17.5 Å². The van der Waals surface area contributed by atoms with E-state index in [0.717, 1.165) is 25.5 Å². The summed E-state index contributed by atoms with van der Waals surface area (Å²) in [6.45, 7) is 2.33. The Morgan fingerprint density at radius 1 is 1.05 bits per heavy atom. The van der Waals surface area contributed by atoms with Crippen molar-refractivity contribution in [2.24, 2.45) is 5.92 Å². The normalized spacial score (nSPS) is 13.5. The minimum Gasteiger partial charge on any atom is -0.439 e. The van der Waals surface area contributed by atoms with Gasteiger partial charge >= 0.3 is 6.03 Å². The van der Waals surface area contributed by atoms with Gasteiger partial charge in [0, 0.05) is 31.8 Å². The van der Waals surface area contributed by atoms with Gasteiger partial charge in [-0.25, -0.2) is 23.5 Å². The lowest BCUT2D eigenvalue weighted by molar-refractivity contribution is -0.119. The molecule has 0 unspecified atom stereocenters. The fraction of sp³-hybridized carbons (Fsp3) is 0.321. The number of rotatable bonds is 8. The zero-order chi connectivity index (χ0) is 29.4. The topological polar surface area (TPSA) is 112 Å². The SMILES string of the molecule is CN(C)CC1CCN(C(=O)Nc2cc(Oc3ccc(NC(=S)NC(=O)Cc4ccc(F)cc4)c(F)c3)ncn2)CC1. The molecule has 2 heterocycles. The van der Waals surface area contributed by atoms with Crippen molar-refractivity contribution in [1.82, 2.24) is 25.1 Å². The Morgan fingerprint density at radius 3 is 2.46 bits per heavy atom. The second-order valence-electron chi connectivity index (χ2n) is 9.91. The van der Waals surface area contributed by atoms with Crippen molar-refractivity contribution in [3.05, 3.63) is 72.1 Å². The number of hydrogen-bond donors (Lipinski definition) is 3. The van der Waals surface area contributed by atoms with E-state index in [1.807, 2.05) is 14.1 Å². The predicted octanol–water partition coefficient (Wildman–Crippen LogP) is 4.41. The highest BCUT2D eigenvalue weighted by molar-refractivity contribution is 7.80. The molecule has 41 heavy (non-hydrogen) atoms. The summed E-state index contributed by atoms with van der Waals surface area (Å²) in [7, 11) is 4.09. The quantitative estimate of drug-likeness (QED) is 0.335. The first-order valence-corrected chi connectivity index (χ1v) is 13.4. The van der Waals surface area contributed by atoms with Gasteiger partial charge in [-0.2, -0.15) is 0 Å². The van der Waals surface area contributed by atoms with Crippen LogP contribution < -0.4 is 20.7 Å². The number of nitrogens with zero attached hydrogens (tertiary/aromatic N) is 4. The molecule has 13 heteroatoms. The Kier molecular flexibility index (Phi) is 10.1. The van der Waals surface area contributed by atoms with Crippen LogP contribution >= 0.6 is 12.2 Å². The van der Waals surface area contributed by atoms with Crippen molar-refractivity contribution in [3.63, 3.8) is 0 Å². The Hall–Kier alpha value is -4.23. The maximum Gasteiger partial charge on any atom is 0.323 e. The van der Waals surface area contributed by atoms with Gasteiger partial charge in [-0.3, -0.25) is 10.1 Å². The van der Waals surface area contributed by atoms with Crippen LogP contribution in [0.5, 0.6) is 11.6 Å². The van der Waals surface area contributed by atoms with Gasteiger partial charge in [0.15, 0.2) is 5.11 Å². The van der Waals surface area contributed by atoms with Crippen molar-refractivity contribution in [1.29, 1.82) is 0 Å². The summed E-state index contributed by atoms with van der Waals surface area (Å²) in [5.41, 5.74) is 0.626. The van der Waals surface area contributed by atoms with Crippen LogP contribution in [-0.2, 0) is 11.2 Å². The minimum atomic E-state index is -0.683. The molecule has 1 saturated heterocycles. The molecule has 2 aromatic carbocycles. The molecule has 0 atom stereocenters. The molecule has 3 N–H and O–H groups in total.